The molecule has 0 unspecified atom stereocenters. The van der Waals surface area contributed by atoms with Crippen LogP contribution in [0.4, 0.5) is 18.9 Å². The highest BCUT2D eigenvalue weighted by Crippen LogP contribution is 2.38. The number of hydrogen-bond acceptors (Lipinski definition) is 4. The molecule has 1 aliphatic heterocycles. The fraction of sp³-hybridized carbons (Fsp3) is 0.188. The van der Waals surface area contributed by atoms with Crippen molar-refractivity contribution in [1.29, 1.82) is 0 Å². The van der Waals surface area contributed by atoms with Crippen LogP contribution in [0.5, 0.6) is 0 Å². The Morgan fingerprint density at radius 2 is 1.88 bits per heavy atom. The number of hydrogen-bond donors (Lipinski definition) is 0. The van der Waals surface area contributed by atoms with Crippen LogP contribution in [-0.2, 0) is 15.8 Å². The number of carbonyl (C=O) groups excluding carboxylic acids is 2. The lowest BCUT2D eigenvalue weighted by Gasteiger charge is -2.15. The number of thioether (sulfide) groups is 1. The molecule has 0 spiro atoms. The molecule has 1 saturated heterocycles. The van der Waals surface area contributed by atoms with Crippen molar-refractivity contribution in [3.8, 4) is 0 Å². The molecule has 1 aromatic heterocycles. The first kappa shape index (κ1) is 17.8. The molecule has 9 heteroatoms. The quantitative estimate of drug-likeness (QED) is 0.743. The molecule has 130 valence electrons. The number of imide groups is 1. The molecule has 25 heavy (non-hydrogen) atoms. The number of pyridine rings is 1. The van der Waals surface area contributed by atoms with E-state index in [1.807, 2.05) is 0 Å². The zero-order valence-electron chi connectivity index (χ0n) is 12.5. The highest BCUT2D eigenvalue weighted by atomic mass is 35.5. The fourth-order valence-electron chi connectivity index (χ4n) is 2.35. The second-order valence-electron chi connectivity index (χ2n) is 5.22. The Bertz CT molecular complexity index is 830. The molecule has 1 atom stereocenters. The Morgan fingerprint density at radius 1 is 1.20 bits per heavy atom. The topological polar surface area (TPSA) is 50.3 Å². The van der Waals surface area contributed by atoms with Crippen molar-refractivity contribution in [2.75, 3.05) is 4.90 Å². The predicted octanol–water partition coefficient (Wildman–Crippen LogP) is 4.18. The molecule has 0 radical (unpaired) electrons. The minimum atomic E-state index is -4.55. The van der Waals surface area contributed by atoms with Gasteiger partial charge in [0, 0.05) is 12.6 Å². The third-order valence-corrected chi connectivity index (χ3v) is 5.11. The zero-order valence-corrected chi connectivity index (χ0v) is 14.0. The molecule has 0 aliphatic carbocycles. The average Bonchev–Trinajstić information content (AvgIpc) is 2.83. The molecule has 1 aromatic carbocycles. The summed E-state index contributed by atoms with van der Waals surface area (Å²) in [5, 5.41) is -0.914. The Kier molecular flexibility index (Phi) is 4.75. The molecule has 4 nitrogen and oxygen atoms in total. The van der Waals surface area contributed by atoms with Crippen molar-refractivity contribution in [2.45, 2.75) is 22.9 Å². The Hall–Kier alpha value is -2.06. The number of para-hydroxylation sites is 1. The first-order valence-corrected chi connectivity index (χ1v) is 8.34. The Labute approximate surface area is 150 Å². The van der Waals surface area contributed by atoms with E-state index in [4.69, 9.17) is 11.6 Å². The Balaban J connectivity index is 1.80. The van der Waals surface area contributed by atoms with Crippen molar-refractivity contribution < 1.29 is 22.8 Å². The highest BCUT2D eigenvalue weighted by molar-refractivity contribution is 8.00. The van der Waals surface area contributed by atoms with E-state index >= 15 is 0 Å². The Morgan fingerprint density at radius 3 is 2.48 bits per heavy atom. The van der Waals surface area contributed by atoms with Gasteiger partial charge in [-0.15, -0.1) is 0 Å². The zero-order chi connectivity index (χ0) is 18.2. The van der Waals surface area contributed by atoms with Gasteiger partial charge >= 0.3 is 6.18 Å². The maximum Gasteiger partial charge on any atom is 0.417 e. The number of halogens is 4. The van der Waals surface area contributed by atoms with Gasteiger partial charge in [0.15, 0.2) is 0 Å². The summed E-state index contributed by atoms with van der Waals surface area (Å²) in [4.78, 5) is 29.4. The number of amides is 2. The van der Waals surface area contributed by atoms with Crippen LogP contribution in [0.1, 0.15) is 12.0 Å². The van der Waals surface area contributed by atoms with Crippen LogP contribution in [0.15, 0.2) is 47.6 Å². The van der Waals surface area contributed by atoms with Crippen molar-refractivity contribution in [1.82, 2.24) is 4.98 Å². The van der Waals surface area contributed by atoms with E-state index in [-0.39, 0.29) is 22.4 Å². The average molecular weight is 387 g/mol. The van der Waals surface area contributed by atoms with Gasteiger partial charge in [-0.1, -0.05) is 41.6 Å². The summed E-state index contributed by atoms with van der Waals surface area (Å²) in [6.45, 7) is 0. The van der Waals surface area contributed by atoms with Gasteiger partial charge in [-0.2, -0.15) is 13.2 Å². The molecular weight excluding hydrogens is 377 g/mol. The molecule has 0 saturated carbocycles. The summed E-state index contributed by atoms with van der Waals surface area (Å²) >= 11 is 6.74. The minimum absolute atomic E-state index is 0.0720. The van der Waals surface area contributed by atoms with Gasteiger partial charge in [0.05, 0.1) is 21.5 Å². The molecule has 3 rings (SSSR count). The summed E-state index contributed by atoms with van der Waals surface area (Å²) in [7, 11) is 0. The van der Waals surface area contributed by atoms with Gasteiger partial charge < -0.3 is 0 Å². The summed E-state index contributed by atoms with van der Waals surface area (Å²) in [6, 6.07) is 9.17. The van der Waals surface area contributed by atoms with E-state index in [0.29, 0.717) is 11.9 Å². The minimum Gasteiger partial charge on any atom is -0.274 e. The lowest BCUT2D eigenvalue weighted by Crippen LogP contribution is -2.31. The molecule has 2 heterocycles. The standard InChI is InChI=1S/C16H10ClF3N2O2S/c17-11-6-9(16(18,19)20)8-21-14(11)25-12-7-13(23)22(15(12)24)10-4-2-1-3-5-10/h1-6,8,12H,7H2/t12-/m1/s1. The smallest absolute Gasteiger partial charge is 0.274 e. The predicted molar refractivity (Wildman–Crippen MR) is 87.4 cm³/mol. The monoisotopic (exact) mass is 386 g/mol. The maximum absolute atomic E-state index is 12.6. The van der Waals surface area contributed by atoms with Crippen LogP contribution in [-0.4, -0.2) is 22.0 Å². The summed E-state index contributed by atoms with van der Waals surface area (Å²) < 4.78 is 37.9. The second-order valence-corrected chi connectivity index (χ2v) is 6.82. The second kappa shape index (κ2) is 6.68. The SMILES string of the molecule is O=C1C[C@@H](Sc2ncc(C(F)(F)F)cc2Cl)C(=O)N1c1ccccc1. The fourth-order valence-corrected chi connectivity index (χ4v) is 3.63. The lowest BCUT2D eigenvalue weighted by atomic mass is 10.3. The van der Waals surface area contributed by atoms with Crippen LogP contribution < -0.4 is 4.90 Å². The molecular formula is C16H10ClF3N2O2S. The highest BCUT2D eigenvalue weighted by Gasteiger charge is 2.41. The molecule has 2 aromatic rings. The normalized spacial score (nSPS) is 18.1. The third kappa shape index (κ3) is 3.64. The summed E-state index contributed by atoms with van der Waals surface area (Å²) in [6.07, 6.45) is -3.97. The van der Waals surface area contributed by atoms with Crippen LogP contribution in [0, 0.1) is 0 Å². The number of aromatic nitrogens is 1. The van der Waals surface area contributed by atoms with Gasteiger partial charge in [0.1, 0.15) is 5.03 Å². The maximum atomic E-state index is 12.6. The van der Waals surface area contributed by atoms with Gasteiger partial charge in [-0.25, -0.2) is 9.88 Å². The molecule has 1 aliphatic rings. The van der Waals surface area contributed by atoms with Gasteiger partial charge in [0.25, 0.3) is 0 Å². The van der Waals surface area contributed by atoms with Gasteiger partial charge in [-0.05, 0) is 18.2 Å². The van der Waals surface area contributed by atoms with Crippen molar-refractivity contribution >= 4 is 40.9 Å². The summed E-state index contributed by atoms with van der Waals surface area (Å²) in [5.41, 5.74) is -0.520. The van der Waals surface area contributed by atoms with E-state index in [1.165, 1.54) is 0 Å². The molecule has 1 fully saturated rings. The van der Waals surface area contributed by atoms with Crippen molar-refractivity contribution in [3.05, 3.63) is 53.2 Å². The van der Waals surface area contributed by atoms with E-state index < -0.39 is 22.9 Å². The van der Waals surface area contributed by atoms with Crippen LogP contribution in [0.3, 0.4) is 0 Å². The van der Waals surface area contributed by atoms with Crippen LogP contribution in [0.25, 0.3) is 0 Å². The number of benzene rings is 1. The van der Waals surface area contributed by atoms with Gasteiger partial charge in [-0.3, -0.25) is 9.59 Å². The third-order valence-electron chi connectivity index (χ3n) is 3.51. The number of carbonyl (C=O) groups is 2. The first-order valence-electron chi connectivity index (χ1n) is 7.08. The lowest BCUT2D eigenvalue weighted by molar-refractivity contribution is -0.138. The molecule has 0 N–H and O–H groups in total. The number of anilines is 1. The largest absolute Gasteiger partial charge is 0.417 e. The number of rotatable bonds is 3. The van der Waals surface area contributed by atoms with Crippen LogP contribution in [0.2, 0.25) is 5.02 Å². The van der Waals surface area contributed by atoms with Gasteiger partial charge in [0.2, 0.25) is 11.8 Å². The van der Waals surface area contributed by atoms with E-state index in [9.17, 15) is 22.8 Å². The molecule has 2 amide bonds. The van der Waals surface area contributed by atoms with E-state index in [0.717, 1.165) is 22.7 Å². The van der Waals surface area contributed by atoms with Crippen LogP contribution >= 0.6 is 23.4 Å². The number of nitrogens with zero attached hydrogens (tertiary/aromatic N) is 2. The number of alkyl halides is 3. The van der Waals surface area contributed by atoms with Crippen molar-refractivity contribution in [3.63, 3.8) is 0 Å². The van der Waals surface area contributed by atoms with Crippen molar-refractivity contribution in [2.24, 2.45) is 0 Å². The van der Waals surface area contributed by atoms with E-state index in [2.05, 4.69) is 4.98 Å². The summed E-state index contributed by atoms with van der Waals surface area (Å²) in [5.74, 6) is -0.823. The molecule has 0 bridgehead atoms. The first-order chi connectivity index (χ1) is 11.8. The van der Waals surface area contributed by atoms with E-state index in [1.54, 1.807) is 30.3 Å².